The molecule has 10 nitrogen and oxygen atoms in total. The van der Waals surface area contributed by atoms with Crippen LogP contribution in [-0.4, -0.2) is 73.6 Å². The van der Waals surface area contributed by atoms with Gasteiger partial charge >= 0.3 is 0 Å². The maximum absolute atomic E-state index is 12.9. The molecule has 0 unspecified atom stereocenters. The third-order valence-electron chi connectivity index (χ3n) is 6.53. The minimum absolute atomic E-state index is 0.0671. The quantitative estimate of drug-likeness (QED) is 0.388. The lowest BCUT2D eigenvalue weighted by Gasteiger charge is -2.30. The average Bonchev–Trinajstić information content (AvgIpc) is 2.90. The minimum atomic E-state index is -3.54. The molecule has 1 aliphatic heterocycles. The van der Waals surface area contributed by atoms with Crippen LogP contribution < -0.4 is 15.4 Å². The maximum atomic E-state index is 12.9. The number of hydrogen-bond donors (Lipinski definition) is 2. The summed E-state index contributed by atoms with van der Waals surface area (Å²) in [5.74, 6) is 1.20. The number of aromatic nitrogens is 2. The van der Waals surface area contributed by atoms with Crippen molar-refractivity contribution >= 4 is 50.5 Å². The third-order valence-corrected chi connectivity index (χ3v) is 9.02. The van der Waals surface area contributed by atoms with Crippen molar-refractivity contribution in [3.05, 3.63) is 58.7 Å². The number of hydrogen-bond acceptors (Lipinski definition) is 9. The lowest BCUT2D eigenvalue weighted by atomic mass is 9.98. The summed E-state index contributed by atoms with van der Waals surface area (Å²) in [6.45, 7) is 5.06. The summed E-state index contributed by atoms with van der Waals surface area (Å²) in [7, 11) is 1.56. The number of nitrogens with zero attached hydrogens (tertiary/aromatic N) is 4. The third kappa shape index (κ3) is 6.43. The summed E-state index contributed by atoms with van der Waals surface area (Å²) < 4.78 is 31.4. The molecule has 1 amide bonds. The van der Waals surface area contributed by atoms with Crippen LogP contribution >= 0.6 is 11.6 Å². The summed E-state index contributed by atoms with van der Waals surface area (Å²) in [4.78, 5) is 24.9. The Morgan fingerprint density at radius 2 is 1.90 bits per heavy atom. The van der Waals surface area contributed by atoms with Crippen LogP contribution in [0.2, 0.25) is 5.02 Å². The SMILES string of the molecule is COc1cc2c(cc1Nc1ncc(Cl)c(Nc3ccccc3S(=O)(=O)C(C)C)n1)CCN(CC(=O)N(C)C)C2. The fraction of sp³-hybridized carbons (Fsp3) is 0.370. The van der Waals surface area contributed by atoms with Gasteiger partial charge in [-0.3, -0.25) is 9.69 Å². The van der Waals surface area contributed by atoms with Gasteiger partial charge in [0.2, 0.25) is 11.9 Å². The number of carbonyl (C=O) groups excluding carboxylic acids is 1. The summed E-state index contributed by atoms with van der Waals surface area (Å²) in [6, 6.07) is 10.6. The summed E-state index contributed by atoms with van der Waals surface area (Å²) in [5.41, 5.74) is 3.30. The fourth-order valence-corrected chi connectivity index (χ4v) is 5.55. The van der Waals surface area contributed by atoms with Crippen molar-refractivity contribution < 1.29 is 17.9 Å². The normalized spacial score (nSPS) is 13.6. The number of rotatable bonds is 9. The molecule has 0 spiro atoms. The average molecular weight is 573 g/mol. The minimum Gasteiger partial charge on any atom is -0.495 e. The number of anilines is 4. The Bertz CT molecular complexity index is 1480. The zero-order valence-corrected chi connectivity index (χ0v) is 24.2. The molecule has 0 saturated heterocycles. The van der Waals surface area contributed by atoms with Crippen molar-refractivity contribution in [2.24, 2.45) is 0 Å². The van der Waals surface area contributed by atoms with Gasteiger partial charge < -0.3 is 20.3 Å². The van der Waals surface area contributed by atoms with Gasteiger partial charge in [-0.05, 0) is 55.7 Å². The predicted octanol–water partition coefficient (Wildman–Crippen LogP) is 4.25. The first-order valence-electron chi connectivity index (χ1n) is 12.5. The lowest BCUT2D eigenvalue weighted by molar-refractivity contribution is -0.130. The van der Waals surface area contributed by atoms with Crippen LogP contribution in [0.5, 0.6) is 5.75 Å². The second kappa shape index (κ2) is 11.8. The first kappa shape index (κ1) is 28.6. The van der Waals surface area contributed by atoms with Crippen LogP contribution in [-0.2, 0) is 27.6 Å². The lowest BCUT2D eigenvalue weighted by Crippen LogP contribution is -2.39. The molecule has 1 aliphatic rings. The Kier molecular flexibility index (Phi) is 8.63. The number of sulfone groups is 1. The van der Waals surface area contributed by atoms with Crippen molar-refractivity contribution in [3.63, 3.8) is 0 Å². The molecule has 2 N–H and O–H groups in total. The van der Waals surface area contributed by atoms with E-state index in [2.05, 4.69) is 25.5 Å². The van der Waals surface area contributed by atoms with E-state index in [1.165, 1.54) is 6.20 Å². The van der Waals surface area contributed by atoms with Crippen LogP contribution in [0.1, 0.15) is 25.0 Å². The van der Waals surface area contributed by atoms with Gasteiger partial charge in [-0.15, -0.1) is 0 Å². The first-order valence-corrected chi connectivity index (χ1v) is 14.4. The van der Waals surface area contributed by atoms with Crippen molar-refractivity contribution in [1.29, 1.82) is 0 Å². The molecule has 2 aromatic carbocycles. The van der Waals surface area contributed by atoms with Gasteiger partial charge in [0.05, 0.1) is 41.4 Å². The fourth-order valence-electron chi connectivity index (χ4n) is 4.21. The highest BCUT2D eigenvalue weighted by Crippen LogP contribution is 2.35. The van der Waals surface area contributed by atoms with Crippen molar-refractivity contribution in [3.8, 4) is 5.75 Å². The Morgan fingerprint density at radius 3 is 2.59 bits per heavy atom. The summed E-state index contributed by atoms with van der Waals surface area (Å²) in [5, 5.41) is 5.93. The molecular formula is C27H33ClN6O4S. The monoisotopic (exact) mass is 572 g/mol. The zero-order valence-electron chi connectivity index (χ0n) is 22.7. The van der Waals surface area contributed by atoms with Gasteiger partial charge in [-0.25, -0.2) is 13.4 Å². The van der Waals surface area contributed by atoms with E-state index in [0.717, 1.165) is 24.1 Å². The first-order chi connectivity index (χ1) is 18.5. The second-order valence-corrected chi connectivity index (χ2v) is 12.7. The van der Waals surface area contributed by atoms with Gasteiger partial charge in [-0.2, -0.15) is 4.98 Å². The number of benzene rings is 2. The molecule has 0 bridgehead atoms. The van der Waals surface area contributed by atoms with Crippen molar-refractivity contribution in [2.45, 2.75) is 37.0 Å². The van der Waals surface area contributed by atoms with Gasteiger partial charge in [0.25, 0.3) is 0 Å². The van der Waals surface area contributed by atoms with E-state index in [4.69, 9.17) is 16.3 Å². The van der Waals surface area contributed by atoms with Gasteiger partial charge in [0.1, 0.15) is 10.8 Å². The molecule has 3 aromatic rings. The Labute approximate surface area is 234 Å². The van der Waals surface area contributed by atoms with E-state index in [-0.39, 0.29) is 27.6 Å². The molecule has 2 heterocycles. The van der Waals surface area contributed by atoms with Crippen LogP contribution in [0.15, 0.2) is 47.5 Å². The molecule has 39 heavy (non-hydrogen) atoms. The molecule has 208 valence electrons. The van der Waals surface area contributed by atoms with Gasteiger partial charge in [-0.1, -0.05) is 23.7 Å². The number of likely N-dealkylation sites (N-methyl/N-ethyl adjacent to an activating group) is 1. The largest absolute Gasteiger partial charge is 0.495 e. The Balaban J connectivity index is 1.58. The highest BCUT2D eigenvalue weighted by atomic mass is 35.5. The number of amides is 1. The number of halogens is 1. The van der Waals surface area contributed by atoms with Crippen LogP contribution in [0.4, 0.5) is 23.1 Å². The van der Waals surface area contributed by atoms with Gasteiger partial charge in [0.15, 0.2) is 15.7 Å². The zero-order chi connectivity index (χ0) is 28.3. The van der Waals surface area contributed by atoms with E-state index in [9.17, 15) is 13.2 Å². The molecule has 0 radical (unpaired) electrons. The van der Waals surface area contributed by atoms with Crippen LogP contribution in [0, 0.1) is 0 Å². The van der Waals surface area contributed by atoms with Crippen molar-refractivity contribution in [1.82, 2.24) is 19.8 Å². The topological polar surface area (TPSA) is 117 Å². The molecule has 4 rings (SSSR count). The molecule has 1 aromatic heterocycles. The maximum Gasteiger partial charge on any atom is 0.236 e. The van der Waals surface area contributed by atoms with Crippen molar-refractivity contribution in [2.75, 3.05) is 44.9 Å². The smallest absolute Gasteiger partial charge is 0.236 e. The number of nitrogens with one attached hydrogen (secondary N) is 2. The standard InChI is InChI=1S/C27H33ClN6O4S/c1-17(2)39(36,37)24-9-7-6-8-21(24)30-26-20(28)14-29-27(32-26)31-22-12-18-10-11-34(16-25(35)33(3)4)15-19(18)13-23(22)38-5/h6-9,12-14,17H,10-11,15-16H2,1-5H3,(H2,29,30,31,32). The van der Waals surface area contributed by atoms with E-state index in [1.54, 1.807) is 64.2 Å². The van der Waals surface area contributed by atoms with E-state index in [0.29, 0.717) is 30.2 Å². The molecule has 12 heteroatoms. The molecule has 0 aliphatic carbocycles. The van der Waals surface area contributed by atoms with E-state index >= 15 is 0 Å². The Hall–Kier alpha value is -3.41. The predicted molar refractivity (Wildman–Crippen MR) is 153 cm³/mol. The molecule has 0 saturated carbocycles. The number of carbonyl (C=O) groups is 1. The number of methoxy groups -OCH3 is 1. The number of fused-ring (bicyclic) bond motifs is 1. The second-order valence-electron chi connectivity index (χ2n) is 9.80. The Morgan fingerprint density at radius 1 is 1.15 bits per heavy atom. The summed E-state index contributed by atoms with van der Waals surface area (Å²) >= 11 is 6.38. The van der Waals surface area contributed by atoms with E-state index < -0.39 is 15.1 Å². The molecule has 0 atom stereocenters. The number of para-hydroxylation sites is 1. The highest BCUT2D eigenvalue weighted by molar-refractivity contribution is 7.92. The molecular weight excluding hydrogens is 540 g/mol. The highest BCUT2D eigenvalue weighted by Gasteiger charge is 2.24. The van der Waals surface area contributed by atoms with Crippen LogP contribution in [0.25, 0.3) is 0 Å². The van der Waals surface area contributed by atoms with Gasteiger partial charge in [0, 0.05) is 27.2 Å². The van der Waals surface area contributed by atoms with Crippen LogP contribution in [0.3, 0.4) is 0 Å². The molecule has 0 fully saturated rings. The number of ether oxygens (including phenoxy) is 1. The van der Waals surface area contributed by atoms with E-state index in [1.807, 2.05) is 12.1 Å². The summed E-state index contributed by atoms with van der Waals surface area (Å²) in [6.07, 6.45) is 2.23.